The topological polar surface area (TPSA) is 21.3 Å². The van der Waals surface area contributed by atoms with Gasteiger partial charge in [0.15, 0.2) is 0 Å². The summed E-state index contributed by atoms with van der Waals surface area (Å²) in [4.78, 5) is 0. The maximum atomic E-state index is 5.83. The molecule has 0 heterocycles. The van der Waals surface area contributed by atoms with Crippen LogP contribution in [0.4, 0.5) is 0 Å². The van der Waals surface area contributed by atoms with Crippen molar-refractivity contribution >= 4 is 0 Å². The van der Waals surface area contributed by atoms with Crippen molar-refractivity contribution in [3.8, 4) is 0 Å². The molecule has 0 aliphatic rings. The van der Waals surface area contributed by atoms with E-state index in [-0.39, 0.29) is 5.41 Å². The van der Waals surface area contributed by atoms with E-state index in [4.69, 9.17) is 4.74 Å². The van der Waals surface area contributed by atoms with Gasteiger partial charge in [0.05, 0.1) is 12.7 Å². The Kier molecular flexibility index (Phi) is 6.38. The largest absolute Gasteiger partial charge is 0.378 e. The molecule has 0 aliphatic carbocycles. The summed E-state index contributed by atoms with van der Waals surface area (Å²) in [5.41, 5.74) is 0.236. The van der Waals surface area contributed by atoms with E-state index in [1.54, 1.807) is 0 Å². The van der Waals surface area contributed by atoms with Gasteiger partial charge in [-0.2, -0.15) is 0 Å². The summed E-state index contributed by atoms with van der Waals surface area (Å²) in [5.74, 6) is 0.720. The Balaban J connectivity index is 3.69. The van der Waals surface area contributed by atoms with Crippen LogP contribution < -0.4 is 5.32 Å². The summed E-state index contributed by atoms with van der Waals surface area (Å²) in [7, 11) is 1.99. The molecule has 0 aromatic rings. The average molecular weight is 201 g/mol. The van der Waals surface area contributed by atoms with Crippen molar-refractivity contribution in [3.05, 3.63) is 0 Å². The predicted octanol–water partition coefficient (Wildman–Crippen LogP) is 2.68. The maximum absolute atomic E-state index is 5.83. The van der Waals surface area contributed by atoms with Crippen LogP contribution in [0, 0.1) is 11.3 Å². The third-order valence-electron chi connectivity index (χ3n) is 2.22. The second kappa shape index (κ2) is 6.41. The first kappa shape index (κ1) is 13.9. The third-order valence-corrected chi connectivity index (χ3v) is 2.22. The van der Waals surface area contributed by atoms with E-state index >= 15 is 0 Å². The number of hydrogen-bond acceptors (Lipinski definition) is 2. The van der Waals surface area contributed by atoms with Gasteiger partial charge in [0, 0.05) is 12.0 Å². The molecule has 0 saturated carbocycles. The van der Waals surface area contributed by atoms with Crippen molar-refractivity contribution in [2.75, 3.05) is 20.2 Å². The molecule has 0 rings (SSSR count). The summed E-state index contributed by atoms with van der Waals surface area (Å²) in [6.07, 6.45) is 1.53. The second-order valence-corrected chi connectivity index (χ2v) is 5.45. The Morgan fingerprint density at radius 3 is 2.21 bits per heavy atom. The second-order valence-electron chi connectivity index (χ2n) is 5.45. The quantitative estimate of drug-likeness (QED) is 0.684. The molecule has 86 valence electrons. The van der Waals surface area contributed by atoms with E-state index < -0.39 is 0 Å². The van der Waals surface area contributed by atoms with Crippen LogP contribution in [0.1, 0.15) is 41.0 Å². The lowest BCUT2D eigenvalue weighted by molar-refractivity contribution is 0.00353. The van der Waals surface area contributed by atoms with Crippen molar-refractivity contribution in [1.82, 2.24) is 5.32 Å². The van der Waals surface area contributed by atoms with E-state index in [1.807, 2.05) is 7.05 Å². The van der Waals surface area contributed by atoms with E-state index in [0.29, 0.717) is 6.10 Å². The molecule has 0 fully saturated rings. The molecule has 14 heavy (non-hydrogen) atoms. The fraction of sp³-hybridized carbons (Fsp3) is 1.00. The molecule has 0 aliphatic heterocycles. The minimum atomic E-state index is 0.236. The van der Waals surface area contributed by atoms with Gasteiger partial charge in [-0.15, -0.1) is 0 Å². The van der Waals surface area contributed by atoms with Crippen LogP contribution in [0.25, 0.3) is 0 Å². The molecule has 0 saturated heterocycles. The van der Waals surface area contributed by atoms with Gasteiger partial charge in [-0.25, -0.2) is 0 Å². The molecule has 0 aromatic heterocycles. The molecule has 0 amide bonds. The minimum absolute atomic E-state index is 0.236. The number of hydrogen-bond donors (Lipinski definition) is 1. The highest BCUT2D eigenvalue weighted by Gasteiger charge is 2.18. The highest BCUT2D eigenvalue weighted by Crippen LogP contribution is 2.16. The monoisotopic (exact) mass is 201 g/mol. The van der Waals surface area contributed by atoms with Gasteiger partial charge >= 0.3 is 0 Å². The third kappa shape index (κ3) is 7.34. The molecule has 1 atom stereocenters. The van der Waals surface area contributed by atoms with Crippen LogP contribution in [0.15, 0.2) is 0 Å². The smallest absolute Gasteiger partial charge is 0.0549 e. The highest BCUT2D eigenvalue weighted by molar-refractivity contribution is 4.70. The van der Waals surface area contributed by atoms with E-state index in [9.17, 15) is 0 Å². The van der Waals surface area contributed by atoms with Gasteiger partial charge in [0.1, 0.15) is 0 Å². The Labute approximate surface area is 89.4 Å². The lowest BCUT2D eigenvalue weighted by atomic mass is 9.95. The highest BCUT2D eigenvalue weighted by atomic mass is 16.5. The van der Waals surface area contributed by atoms with Gasteiger partial charge in [0.25, 0.3) is 0 Å². The molecule has 1 N–H and O–H groups in total. The first-order valence-corrected chi connectivity index (χ1v) is 5.63. The van der Waals surface area contributed by atoms with Crippen molar-refractivity contribution in [2.45, 2.75) is 47.1 Å². The van der Waals surface area contributed by atoms with Crippen molar-refractivity contribution in [1.29, 1.82) is 0 Å². The standard InChI is InChI=1S/C12H27NO/c1-10(2)7-11(3)14-9-12(4,5)8-13-6/h10-11,13H,7-9H2,1-6H3. The van der Waals surface area contributed by atoms with Crippen molar-refractivity contribution in [3.63, 3.8) is 0 Å². The first-order valence-electron chi connectivity index (χ1n) is 5.63. The normalized spacial score (nSPS) is 14.8. The van der Waals surface area contributed by atoms with Gasteiger partial charge < -0.3 is 10.1 Å². The molecular formula is C12H27NO. The Bertz CT molecular complexity index is 143. The fourth-order valence-electron chi connectivity index (χ4n) is 1.63. The zero-order chi connectivity index (χ0) is 11.2. The van der Waals surface area contributed by atoms with E-state index in [0.717, 1.165) is 25.5 Å². The average Bonchev–Trinajstić information content (AvgIpc) is 2.00. The lowest BCUT2D eigenvalue weighted by Gasteiger charge is -2.26. The molecule has 2 heteroatoms. The van der Waals surface area contributed by atoms with Crippen LogP contribution in [0.5, 0.6) is 0 Å². The van der Waals surface area contributed by atoms with Crippen LogP contribution in [-0.4, -0.2) is 26.3 Å². The summed E-state index contributed by atoms with van der Waals surface area (Å²) >= 11 is 0. The van der Waals surface area contributed by atoms with Gasteiger partial charge in [0.2, 0.25) is 0 Å². The molecule has 0 bridgehead atoms. The summed E-state index contributed by atoms with van der Waals surface area (Å²) < 4.78 is 5.83. The predicted molar refractivity (Wildman–Crippen MR) is 62.6 cm³/mol. The van der Waals surface area contributed by atoms with Crippen LogP contribution in [-0.2, 0) is 4.74 Å². The molecule has 0 radical (unpaired) electrons. The zero-order valence-corrected chi connectivity index (χ0v) is 10.7. The number of ether oxygens (including phenoxy) is 1. The molecule has 2 nitrogen and oxygen atoms in total. The Morgan fingerprint density at radius 1 is 1.21 bits per heavy atom. The zero-order valence-electron chi connectivity index (χ0n) is 10.7. The molecular weight excluding hydrogens is 174 g/mol. The van der Waals surface area contributed by atoms with Crippen molar-refractivity contribution < 1.29 is 4.74 Å². The first-order chi connectivity index (χ1) is 6.37. The van der Waals surface area contributed by atoms with Gasteiger partial charge in [-0.3, -0.25) is 0 Å². The van der Waals surface area contributed by atoms with E-state index in [2.05, 4.69) is 39.9 Å². The SMILES string of the molecule is CNCC(C)(C)COC(C)CC(C)C. The van der Waals surface area contributed by atoms with Crippen LogP contribution >= 0.6 is 0 Å². The van der Waals surface area contributed by atoms with Crippen LogP contribution in [0.3, 0.4) is 0 Å². The fourth-order valence-corrected chi connectivity index (χ4v) is 1.63. The molecule has 1 unspecified atom stereocenters. The van der Waals surface area contributed by atoms with Crippen molar-refractivity contribution in [2.24, 2.45) is 11.3 Å². The number of nitrogens with one attached hydrogen (secondary N) is 1. The minimum Gasteiger partial charge on any atom is -0.378 e. The Hall–Kier alpha value is -0.0800. The van der Waals surface area contributed by atoms with Gasteiger partial charge in [-0.05, 0) is 26.3 Å². The Morgan fingerprint density at radius 2 is 1.79 bits per heavy atom. The van der Waals surface area contributed by atoms with Gasteiger partial charge in [-0.1, -0.05) is 27.7 Å². The van der Waals surface area contributed by atoms with Crippen LogP contribution in [0.2, 0.25) is 0 Å². The summed E-state index contributed by atoms with van der Waals surface area (Å²) in [6, 6.07) is 0. The number of rotatable bonds is 7. The van der Waals surface area contributed by atoms with E-state index in [1.165, 1.54) is 0 Å². The lowest BCUT2D eigenvalue weighted by Crippen LogP contribution is -2.32. The maximum Gasteiger partial charge on any atom is 0.0549 e. The molecule has 0 aromatic carbocycles. The summed E-state index contributed by atoms with van der Waals surface area (Å²) in [5, 5.41) is 3.19. The molecule has 0 spiro atoms. The summed E-state index contributed by atoms with van der Waals surface area (Å²) in [6.45, 7) is 12.9.